The molecule has 3 aromatic rings. The van der Waals surface area contributed by atoms with Crippen LogP contribution in [0.25, 0.3) is 5.76 Å². The Bertz CT molecular complexity index is 1480. The molecule has 1 saturated heterocycles. The smallest absolute Gasteiger partial charge is 0.350 e. The van der Waals surface area contributed by atoms with Crippen LogP contribution in [-0.2, 0) is 14.3 Å². The van der Waals surface area contributed by atoms with Crippen molar-refractivity contribution in [1.82, 2.24) is 4.98 Å². The second-order valence-corrected chi connectivity index (χ2v) is 10.3. The van der Waals surface area contributed by atoms with Crippen LogP contribution in [0.3, 0.4) is 0 Å². The Morgan fingerprint density at radius 3 is 2.56 bits per heavy atom. The third-order valence-corrected chi connectivity index (χ3v) is 7.45. The number of aliphatic hydroxyl groups excluding tert-OH is 1. The first-order valence-electron chi connectivity index (χ1n) is 12.2. The van der Waals surface area contributed by atoms with Crippen LogP contribution in [0.1, 0.15) is 51.4 Å². The number of aliphatic hydroxyl groups is 1. The molecule has 1 aromatic heterocycles. The van der Waals surface area contributed by atoms with Crippen molar-refractivity contribution in [3.05, 3.63) is 93.0 Å². The van der Waals surface area contributed by atoms with Crippen molar-refractivity contribution in [2.24, 2.45) is 0 Å². The number of aryl methyl sites for hydroxylation is 2. The number of ketones is 1. The van der Waals surface area contributed by atoms with E-state index in [1.807, 2.05) is 6.92 Å². The van der Waals surface area contributed by atoms with Crippen molar-refractivity contribution in [2.45, 2.75) is 33.2 Å². The molecule has 202 valence electrons. The largest absolute Gasteiger partial charge is 0.507 e. The number of rotatable bonds is 9. The minimum Gasteiger partial charge on any atom is -0.507 e. The van der Waals surface area contributed by atoms with Gasteiger partial charge in [-0.3, -0.25) is 14.5 Å². The Morgan fingerprint density at radius 1 is 1.21 bits per heavy atom. The summed E-state index contributed by atoms with van der Waals surface area (Å²) in [5, 5.41) is 12.1. The van der Waals surface area contributed by atoms with Crippen LogP contribution in [0.2, 0.25) is 5.02 Å². The zero-order valence-electron chi connectivity index (χ0n) is 21.7. The lowest BCUT2D eigenvalue weighted by molar-refractivity contribution is -0.132. The molecular formula is C29H27ClN2O6S. The molecule has 1 N–H and O–H groups in total. The molecule has 10 heteroatoms. The van der Waals surface area contributed by atoms with E-state index in [9.17, 15) is 19.5 Å². The zero-order chi connectivity index (χ0) is 28.3. The number of amides is 1. The van der Waals surface area contributed by atoms with Gasteiger partial charge in [-0.05, 0) is 61.7 Å². The fourth-order valence-corrected chi connectivity index (χ4v) is 5.34. The molecule has 0 aliphatic carbocycles. The van der Waals surface area contributed by atoms with Gasteiger partial charge in [-0.1, -0.05) is 54.6 Å². The summed E-state index contributed by atoms with van der Waals surface area (Å²) >= 11 is 7.04. The number of carbonyl (C=O) groups is 3. The predicted octanol–water partition coefficient (Wildman–Crippen LogP) is 6.17. The van der Waals surface area contributed by atoms with Crippen molar-refractivity contribution >= 4 is 51.5 Å². The first-order chi connectivity index (χ1) is 18.7. The highest BCUT2D eigenvalue weighted by Gasteiger charge is 2.48. The zero-order valence-corrected chi connectivity index (χ0v) is 23.3. The standard InChI is InChI=1S/C29H27ClN2O6S/c1-5-13-37-20-11-12-21(16(3)15-20)24(33)22-23(18-7-9-19(30)10-8-18)32(27(35)25(22)34)29-31-17(4)26(39-29)28(36)38-14-6-2/h6-12,15,23,33H,2,5,13-14H2,1,3-4H3/b24-22-. The average Bonchev–Trinajstić information content (AvgIpc) is 3.42. The molecule has 1 unspecified atom stereocenters. The molecule has 4 rings (SSSR count). The molecule has 0 saturated carbocycles. The first kappa shape index (κ1) is 28.1. The van der Waals surface area contributed by atoms with Crippen LogP contribution in [0.15, 0.2) is 60.7 Å². The molecule has 0 bridgehead atoms. The summed E-state index contributed by atoms with van der Waals surface area (Å²) < 4.78 is 10.8. The fourth-order valence-electron chi connectivity index (χ4n) is 4.22. The van der Waals surface area contributed by atoms with Crippen LogP contribution >= 0.6 is 22.9 Å². The third-order valence-electron chi connectivity index (χ3n) is 6.07. The minimum absolute atomic E-state index is 0.0163. The van der Waals surface area contributed by atoms with Crippen molar-refractivity contribution in [3.8, 4) is 5.75 Å². The van der Waals surface area contributed by atoms with E-state index < -0.39 is 23.7 Å². The Hall–Kier alpha value is -3.95. The van der Waals surface area contributed by atoms with E-state index in [-0.39, 0.29) is 27.9 Å². The number of nitrogens with zero attached hydrogens (tertiary/aromatic N) is 2. The molecular weight excluding hydrogens is 540 g/mol. The lowest BCUT2D eigenvalue weighted by Crippen LogP contribution is -2.29. The lowest BCUT2D eigenvalue weighted by Gasteiger charge is -2.23. The molecule has 1 aliphatic rings. The van der Waals surface area contributed by atoms with Gasteiger partial charge in [0, 0.05) is 10.6 Å². The fraction of sp³-hybridized carbons (Fsp3) is 0.241. The van der Waals surface area contributed by atoms with Gasteiger partial charge in [0.15, 0.2) is 5.13 Å². The van der Waals surface area contributed by atoms with Crippen molar-refractivity contribution in [3.63, 3.8) is 0 Å². The van der Waals surface area contributed by atoms with Gasteiger partial charge in [-0.15, -0.1) is 0 Å². The van der Waals surface area contributed by atoms with E-state index in [4.69, 9.17) is 21.1 Å². The first-order valence-corrected chi connectivity index (χ1v) is 13.4. The Morgan fingerprint density at radius 2 is 1.92 bits per heavy atom. The molecule has 2 heterocycles. The van der Waals surface area contributed by atoms with Gasteiger partial charge < -0.3 is 14.6 Å². The summed E-state index contributed by atoms with van der Waals surface area (Å²) in [6, 6.07) is 10.7. The van der Waals surface area contributed by atoms with Gasteiger partial charge >= 0.3 is 11.9 Å². The van der Waals surface area contributed by atoms with Gasteiger partial charge in [-0.2, -0.15) is 0 Å². The molecule has 0 radical (unpaired) electrons. The maximum atomic E-state index is 13.5. The topological polar surface area (TPSA) is 106 Å². The molecule has 1 atom stereocenters. The lowest BCUT2D eigenvalue weighted by atomic mass is 9.94. The van der Waals surface area contributed by atoms with Gasteiger partial charge in [0.05, 0.1) is 23.9 Å². The molecule has 39 heavy (non-hydrogen) atoms. The van der Waals surface area contributed by atoms with E-state index >= 15 is 0 Å². The number of esters is 1. The summed E-state index contributed by atoms with van der Waals surface area (Å²) in [7, 11) is 0. The highest BCUT2D eigenvalue weighted by atomic mass is 35.5. The number of hydrogen-bond acceptors (Lipinski definition) is 8. The molecule has 0 spiro atoms. The van der Waals surface area contributed by atoms with Crippen LogP contribution < -0.4 is 9.64 Å². The van der Waals surface area contributed by atoms with Gasteiger partial charge in [0.25, 0.3) is 5.78 Å². The van der Waals surface area contributed by atoms with E-state index in [1.54, 1.807) is 56.3 Å². The summed E-state index contributed by atoms with van der Waals surface area (Å²) in [4.78, 5) is 45.3. The number of aromatic nitrogens is 1. The number of halogens is 1. The molecule has 2 aromatic carbocycles. The van der Waals surface area contributed by atoms with Crippen LogP contribution in [0.5, 0.6) is 5.75 Å². The van der Waals surface area contributed by atoms with Gasteiger partial charge in [0.1, 0.15) is 23.0 Å². The van der Waals surface area contributed by atoms with E-state index in [2.05, 4.69) is 11.6 Å². The highest BCUT2D eigenvalue weighted by Crippen LogP contribution is 2.44. The second-order valence-electron chi connectivity index (χ2n) is 8.84. The predicted molar refractivity (Wildman–Crippen MR) is 151 cm³/mol. The highest BCUT2D eigenvalue weighted by molar-refractivity contribution is 7.17. The number of ether oxygens (including phenoxy) is 2. The summed E-state index contributed by atoms with van der Waals surface area (Å²) in [6.07, 6.45) is 2.29. The number of carbonyl (C=O) groups excluding carboxylic acids is 3. The third kappa shape index (κ3) is 5.60. The van der Waals surface area contributed by atoms with Crippen molar-refractivity contribution < 1.29 is 29.0 Å². The number of benzene rings is 2. The minimum atomic E-state index is -1.01. The summed E-state index contributed by atoms with van der Waals surface area (Å²) in [5.41, 5.74) is 1.83. The van der Waals surface area contributed by atoms with E-state index in [0.29, 0.717) is 39.8 Å². The van der Waals surface area contributed by atoms with E-state index in [1.165, 1.54) is 11.0 Å². The van der Waals surface area contributed by atoms with Crippen molar-refractivity contribution in [1.29, 1.82) is 0 Å². The molecule has 8 nitrogen and oxygen atoms in total. The molecule has 1 fully saturated rings. The normalized spacial score (nSPS) is 16.4. The van der Waals surface area contributed by atoms with Crippen LogP contribution in [-0.4, -0.2) is 41.0 Å². The number of anilines is 1. The monoisotopic (exact) mass is 566 g/mol. The number of Topliss-reactive ketones (excluding diaryl/α,β-unsaturated/α-hetero) is 1. The Kier molecular flexibility index (Phi) is 8.52. The maximum Gasteiger partial charge on any atom is 0.350 e. The second kappa shape index (κ2) is 11.8. The molecule has 1 aliphatic heterocycles. The average molecular weight is 567 g/mol. The number of thiazole rings is 1. The maximum absolute atomic E-state index is 13.5. The quantitative estimate of drug-likeness (QED) is 0.108. The van der Waals surface area contributed by atoms with Crippen LogP contribution in [0.4, 0.5) is 5.13 Å². The van der Waals surface area contributed by atoms with Gasteiger partial charge in [0.2, 0.25) is 0 Å². The Balaban J connectivity index is 1.85. The SMILES string of the molecule is C=CCOC(=O)c1sc(N2C(=O)C(=O)/C(=C(\O)c3ccc(OCCC)cc3C)C2c2ccc(Cl)cc2)nc1C. The van der Waals surface area contributed by atoms with Gasteiger partial charge in [-0.25, -0.2) is 9.78 Å². The Labute approximate surface area is 235 Å². The number of hydrogen-bond donors (Lipinski definition) is 1. The summed E-state index contributed by atoms with van der Waals surface area (Å²) in [6.45, 7) is 9.49. The molecule has 1 amide bonds. The van der Waals surface area contributed by atoms with E-state index in [0.717, 1.165) is 17.8 Å². The van der Waals surface area contributed by atoms with Crippen LogP contribution in [0, 0.1) is 13.8 Å². The van der Waals surface area contributed by atoms with Crippen molar-refractivity contribution in [2.75, 3.05) is 18.1 Å². The summed E-state index contributed by atoms with van der Waals surface area (Å²) in [5.74, 6) is -2.06.